The van der Waals surface area contributed by atoms with Crippen molar-refractivity contribution >= 4 is 38.3 Å². The third-order valence-electron chi connectivity index (χ3n) is 9.07. The Hall–Kier alpha value is -4.43. The zero-order chi connectivity index (χ0) is 38.6. The van der Waals surface area contributed by atoms with Crippen LogP contribution in [0.4, 0.5) is 14.4 Å². The molecule has 2 aromatic rings. The number of rotatable bonds is 21. The Bertz CT molecular complexity index is 1500. The van der Waals surface area contributed by atoms with E-state index in [0.29, 0.717) is 38.5 Å². The van der Waals surface area contributed by atoms with E-state index in [-0.39, 0.29) is 39.3 Å². The van der Waals surface area contributed by atoms with Gasteiger partial charge in [-0.2, -0.15) is 9.28 Å². The molecule has 4 N–H and O–H groups in total. The third-order valence-corrected chi connectivity index (χ3v) is 9.92. The van der Waals surface area contributed by atoms with Gasteiger partial charge in [0, 0.05) is 24.0 Å². The number of alkyl carbamates (subject to hydrolysis) is 2. The number of likely N-dealkylation sites (tertiary alicyclic amines) is 1. The number of nitrogens with one attached hydrogen (secondary N) is 3. The molecule has 0 bridgehead atoms. The van der Waals surface area contributed by atoms with Crippen LogP contribution in [0.2, 0.25) is 0 Å². The van der Waals surface area contributed by atoms with Crippen molar-refractivity contribution in [2.75, 3.05) is 19.7 Å². The molecule has 1 aliphatic rings. The predicted octanol–water partition coefficient (Wildman–Crippen LogP) is 6.34. The first-order valence-corrected chi connectivity index (χ1v) is 19.2. The molecular formula is C37H53N4O11P+2. The van der Waals surface area contributed by atoms with Gasteiger partial charge in [-0.3, -0.25) is 4.79 Å². The van der Waals surface area contributed by atoms with E-state index in [0.717, 1.165) is 17.5 Å². The quantitative estimate of drug-likeness (QED) is 0.0630. The van der Waals surface area contributed by atoms with E-state index in [9.17, 15) is 33.6 Å². The molecule has 6 atom stereocenters. The fourth-order valence-corrected chi connectivity index (χ4v) is 6.74. The van der Waals surface area contributed by atoms with Crippen molar-refractivity contribution in [1.82, 2.24) is 16.0 Å². The first-order valence-electron chi connectivity index (χ1n) is 18.1. The Balaban J connectivity index is 1.55. The largest absolute Gasteiger partial charge is 0.698 e. The summed E-state index contributed by atoms with van der Waals surface area (Å²) >= 11 is 0. The third kappa shape index (κ3) is 14.1. The number of unbranched alkanes of at least 4 members (excludes halogenated alkanes) is 2. The summed E-state index contributed by atoms with van der Waals surface area (Å²) in [6.45, 7) is 5.32. The second-order valence-corrected chi connectivity index (χ2v) is 14.0. The lowest BCUT2D eigenvalue weighted by molar-refractivity contribution is -0.793. The van der Waals surface area contributed by atoms with Gasteiger partial charge in [0.2, 0.25) is 12.0 Å². The minimum Gasteiger partial charge on any atom is -0.445 e. The van der Waals surface area contributed by atoms with Gasteiger partial charge in [-0.05, 0) is 50.7 Å². The number of amides is 5. The van der Waals surface area contributed by atoms with Crippen LogP contribution in [0.15, 0.2) is 60.7 Å². The molecule has 0 radical (unpaired) electrons. The van der Waals surface area contributed by atoms with E-state index >= 15 is 0 Å². The molecule has 5 amide bonds. The number of hydrogen-bond acceptors (Lipinski definition) is 10. The summed E-state index contributed by atoms with van der Waals surface area (Å²) in [6.07, 6.45) is 0.277. The second kappa shape index (κ2) is 22.6. The predicted molar refractivity (Wildman–Crippen MR) is 194 cm³/mol. The second-order valence-electron chi connectivity index (χ2n) is 13.1. The molecule has 16 heteroatoms. The van der Waals surface area contributed by atoms with Gasteiger partial charge in [-0.25, -0.2) is 14.4 Å². The number of ether oxygens (including phenoxy) is 2. The number of benzene rings is 2. The van der Waals surface area contributed by atoms with Crippen molar-refractivity contribution in [3.63, 3.8) is 0 Å². The maximum Gasteiger partial charge on any atom is 0.698 e. The number of hydrogen-bond donors (Lipinski definition) is 4. The van der Waals surface area contributed by atoms with Crippen LogP contribution < -0.4 is 16.0 Å². The van der Waals surface area contributed by atoms with Gasteiger partial charge in [-0.15, -0.1) is 9.05 Å². The van der Waals surface area contributed by atoms with Crippen LogP contribution in [0.1, 0.15) is 83.3 Å². The van der Waals surface area contributed by atoms with Gasteiger partial charge < -0.3 is 30.5 Å². The van der Waals surface area contributed by atoms with Gasteiger partial charge in [-0.1, -0.05) is 80.4 Å². The van der Waals surface area contributed by atoms with Crippen LogP contribution in [0.25, 0.3) is 0 Å². The van der Waals surface area contributed by atoms with E-state index in [1.165, 1.54) is 6.92 Å². The SMILES string of the molecule is CCCCC(CO[P+](=O)O[C@@H](C)C(=O)[N+]1(C(=O)O)CCC[C@H]1C)NC(=O)[C@H](CCCCNC(=O)OCc1ccccc1)NC(=O)OCc1ccccc1. The van der Waals surface area contributed by atoms with Crippen LogP contribution >= 0.6 is 8.25 Å². The van der Waals surface area contributed by atoms with Crippen molar-refractivity contribution in [2.24, 2.45) is 0 Å². The van der Waals surface area contributed by atoms with Crippen molar-refractivity contribution in [2.45, 2.75) is 110 Å². The molecule has 1 fully saturated rings. The molecule has 0 aliphatic carbocycles. The van der Waals surface area contributed by atoms with Gasteiger partial charge in [0.1, 0.15) is 31.9 Å². The van der Waals surface area contributed by atoms with Gasteiger partial charge in [0.05, 0.1) is 12.6 Å². The van der Waals surface area contributed by atoms with Crippen LogP contribution in [-0.2, 0) is 45.9 Å². The van der Waals surface area contributed by atoms with E-state index < -0.39 is 67.1 Å². The molecule has 15 nitrogen and oxygen atoms in total. The Morgan fingerprint density at radius 1 is 0.887 bits per heavy atom. The first-order chi connectivity index (χ1) is 25.5. The minimum atomic E-state index is -2.85. The highest BCUT2D eigenvalue weighted by atomic mass is 31.1. The fraction of sp³-hybridized carbons (Fsp3) is 0.541. The summed E-state index contributed by atoms with van der Waals surface area (Å²) < 4.78 is 33.4. The Kier molecular flexibility index (Phi) is 18.3. The number of carbonyl (C=O) groups is 5. The van der Waals surface area contributed by atoms with Crippen molar-refractivity contribution in [1.29, 1.82) is 0 Å². The highest BCUT2D eigenvalue weighted by molar-refractivity contribution is 7.33. The smallest absolute Gasteiger partial charge is 0.445 e. The Morgan fingerprint density at radius 3 is 2.08 bits per heavy atom. The molecule has 1 heterocycles. The zero-order valence-electron chi connectivity index (χ0n) is 30.7. The molecule has 0 saturated carbocycles. The number of imide groups is 1. The van der Waals surface area contributed by atoms with Crippen molar-refractivity contribution in [3.05, 3.63) is 71.8 Å². The highest BCUT2D eigenvalue weighted by Crippen LogP contribution is 2.33. The molecular weight excluding hydrogens is 707 g/mol. The molecule has 290 valence electrons. The minimum absolute atomic E-state index is 0.00232. The van der Waals surface area contributed by atoms with Crippen molar-refractivity contribution < 1.29 is 56.6 Å². The van der Waals surface area contributed by atoms with Crippen LogP contribution in [-0.4, -0.2) is 83.6 Å². The Labute approximate surface area is 311 Å². The maximum atomic E-state index is 13.6. The van der Waals surface area contributed by atoms with E-state index in [4.69, 9.17) is 18.5 Å². The average Bonchev–Trinajstić information content (AvgIpc) is 3.55. The lowest BCUT2D eigenvalue weighted by Gasteiger charge is -2.30. The molecule has 53 heavy (non-hydrogen) atoms. The topological polar surface area (TPSA) is 196 Å². The molecule has 0 spiro atoms. The number of carboxylic acid groups (broad SMARTS) is 1. The summed E-state index contributed by atoms with van der Waals surface area (Å²) in [5, 5.41) is 18.1. The van der Waals surface area contributed by atoms with Crippen LogP contribution in [0, 0.1) is 0 Å². The summed E-state index contributed by atoms with van der Waals surface area (Å²) in [7, 11) is -2.85. The Morgan fingerprint density at radius 2 is 1.51 bits per heavy atom. The molecule has 2 aromatic carbocycles. The lowest BCUT2D eigenvalue weighted by atomic mass is 10.1. The first kappa shape index (κ1) is 43.0. The lowest BCUT2D eigenvalue weighted by Crippen LogP contribution is -2.61. The monoisotopic (exact) mass is 760 g/mol. The molecule has 0 aromatic heterocycles. The van der Waals surface area contributed by atoms with Gasteiger partial charge in [0.25, 0.3) is 0 Å². The van der Waals surface area contributed by atoms with E-state index in [1.807, 2.05) is 55.5 Å². The molecule has 3 rings (SSSR count). The number of carbonyl (C=O) groups excluding carboxylic acids is 4. The summed E-state index contributed by atoms with van der Waals surface area (Å²) in [5.41, 5.74) is 1.63. The van der Waals surface area contributed by atoms with E-state index in [2.05, 4.69) is 16.0 Å². The zero-order valence-corrected chi connectivity index (χ0v) is 31.6. The standard InChI is InChI=1S/C37H51N4O11P/c1-4-5-20-31(26-51-53(48)52-28(3)34(43)41(37(46)47)23-14-15-27(41)2)39-33(42)32(40-36(45)50-25-30-18-10-7-11-19-30)21-12-13-22-38-35(44)49-24-29-16-8-6-9-17-29/h6-11,16-19,27-28,31-32H,4-5,12-15,20-26H2,1-3H3,(H2-2,38,39,40,42,44,45,46,47)/p+2/t27-,28+,31?,32+,41?/m1/s1. The van der Waals surface area contributed by atoms with Crippen LogP contribution in [0.3, 0.4) is 0 Å². The average molecular weight is 761 g/mol. The molecule has 3 unspecified atom stereocenters. The number of nitrogens with zero attached hydrogens (tertiary/aromatic N) is 1. The normalized spacial score (nSPS) is 18.5. The van der Waals surface area contributed by atoms with E-state index in [1.54, 1.807) is 19.1 Å². The van der Waals surface area contributed by atoms with Crippen molar-refractivity contribution in [3.8, 4) is 0 Å². The fourth-order valence-electron chi connectivity index (χ4n) is 6.03. The highest BCUT2D eigenvalue weighted by Gasteiger charge is 2.56. The summed E-state index contributed by atoms with van der Waals surface area (Å²) in [4.78, 5) is 63.7. The van der Waals surface area contributed by atoms with Crippen LogP contribution in [0.5, 0.6) is 0 Å². The summed E-state index contributed by atoms with van der Waals surface area (Å²) in [6, 6.07) is 16.3. The van der Waals surface area contributed by atoms with Gasteiger partial charge in [0.15, 0.2) is 0 Å². The maximum absolute atomic E-state index is 13.6. The molecule has 1 saturated heterocycles. The van der Waals surface area contributed by atoms with Gasteiger partial charge >= 0.3 is 32.4 Å². The summed E-state index contributed by atoms with van der Waals surface area (Å²) in [5.74, 6) is -1.23. The number of quaternary nitrogens is 1. The molecule has 1 aliphatic heterocycles.